The van der Waals surface area contributed by atoms with Crippen molar-refractivity contribution in [1.82, 2.24) is 0 Å². The van der Waals surface area contributed by atoms with Crippen LogP contribution >= 0.6 is 0 Å². The summed E-state index contributed by atoms with van der Waals surface area (Å²) in [5.41, 5.74) is 0.638. The Morgan fingerprint density at radius 2 is 1.40 bits per heavy atom. The fourth-order valence-electron chi connectivity index (χ4n) is 2.73. The van der Waals surface area contributed by atoms with E-state index in [1.165, 1.54) is 32.4 Å². The Labute approximate surface area is 173 Å². The first kappa shape index (κ1) is 20.6. The topological polar surface area (TPSA) is 90.9 Å². The number of anilines is 1. The van der Waals surface area contributed by atoms with E-state index >= 15 is 0 Å². The summed E-state index contributed by atoms with van der Waals surface area (Å²) in [6.07, 6.45) is 0. The fraction of sp³-hybridized carbons (Fsp3) is 0.0870. The molecule has 0 radical (unpaired) electrons. The van der Waals surface area contributed by atoms with Gasteiger partial charge in [-0.05, 0) is 42.5 Å². The van der Waals surface area contributed by atoms with Gasteiger partial charge in [0.25, 0.3) is 5.91 Å². The highest BCUT2D eigenvalue weighted by molar-refractivity contribution is 6.10. The van der Waals surface area contributed by atoms with Crippen molar-refractivity contribution in [2.45, 2.75) is 0 Å². The van der Waals surface area contributed by atoms with Crippen molar-refractivity contribution >= 4 is 23.5 Å². The second-order valence-electron chi connectivity index (χ2n) is 6.11. The van der Waals surface area contributed by atoms with Gasteiger partial charge in [0.15, 0.2) is 0 Å². The van der Waals surface area contributed by atoms with Gasteiger partial charge in [-0.15, -0.1) is 0 Å². The third-order valence-electron chi connectivity index (χ3n) is 4.20. The smallest absolute Gasteiger partial charge is 0.339 e. The maximum Gasteiger partial charge on any atom is 0.339 e. The number of ether oxygens (including phenoxy) is 3. The SMILES string of the molecule is COC(=O)c1ccc(C(=O)OC)c(NC(=O)c2ccccc2Oc2ccccc2)c1. The molecule has 0 aromatic heterocycles. The van der Waals surface area contributed by atoms with Gasteiger partial charge in [0.05, 0.1) is 36.6 Å². The number of nitrogens with one attached hydrogen (secondary N) is 1. The van der Waals surface area contributed by atoms with Crippen LogP contribution in [0.15, 0.2) is 72.8 Å². The lowest BCUT2D eigenvalue weighted by atomic mass is 10.1. The summed E-state index contributed by atoms with van der Waals surface area (Å²) in [5.74, 6) is -0.871. The Morgan fingerprint density at radius 1 is 0.733 bits per heavy atom. The Morgan fingerprint density at radius 3 is 2.10 bits per heavy atom. The van der Waals surface area contributed by atoms with E-state index in [2.05, 4.69) is 5.32 Å². The van der Waals surface area contributed by atoms with Crippen LogP contribution in [0.1, 0.15) is 31.1 Å². The van der Waals surface area contributed by atoms with E-state index in [1.807, 2.05) is 18.2 Å². The number of methoxy groups -OCH3 is 2. The summed E-state index contributed by atoms with van der Waals surface area (Å²) in [7, 11) is 2.47. The van der Waals surface area contributed by atoms with Crippen LogP contribution in [0.5, 0.6) is 11.5 Å². The highest BCUT2D eigenvalue weighted by atomic mass is 16.5. The van der Waals surface area contributed by atoms with Crippen LogP contribution < -0.4 is 10.1 Å². The molecule has 7 heteroatoms. The van der Waals surface area contributed by atoms with Crippen LogP contribution in [0.25, 0.3) is 0 Å². The van der Waals surface area contributed by atoms with Gasteiger partial charge in [-0.25, -0.2) is 9.59 Å². The number of esters is 2. The molecule has 3 aromatic rings. The number of hydrogen-bond acceptors (Lipinski definition) is 6. The van der Waals surface area contributed by atoms with E-state index in [-0.39, 0.29) is 22.4 Å². The maximum absolute atomic E-state index is 13.0. The molecule has 0 bridgehead atoms. The van der Waals surface area contributed by atoms with Gasteiger partial charge in [0.1, 0.15) is 11.5 Å². The van der Waals surface area contributed by atoms with E-state index in [1.54, 1.807) is 36.4 Å². The van der Waals surface area contributed by atoms with Crippen molar-refractivity contribution in [3.8, 4) is 11.5 Å². The van der Waals surface area contributed by atoms with Crippen molar-refractivity contribution in [3.05, 3.63) is 89.5 Å². The first-order valence-corrected chi connectivity index (χ1v) is 8.97. The van der Waals surface area contributed by atoms with E-state index in [0.717, 1.165) is 0 Å². The monoisotopic (exact) mass is 405 g/mol. The quantitative estimate of drug-likeness (QED) is 0.615. The average Bonchev–Trinajstić information content (AvgIpc) is 2.79. The predicted molar refractivity (Wildman–Crippen MR) is 110 cm³/mol. The number of benzene rings is 3. The number of hydrogen-bond donors (Lipinski definition) is 1. The molecular weight excluding hydrogens is 386 g/mol. The highest BCUT2D eigenvalue weighted by Crippen LogP contribution is 2.27. The van der Waals surface area contributed by atoms with Gasteiger partial charge in [-0.1, -0.05) is 30.3 Å². The lowest BCUT2D eigenvalue weighted by molar-refractivity contribution is 0.0587. The first-order chi connectivity index (χ1) is 14.5. The molecule has 152 valence electrons. The molecule has 0 heterocycles. The Bertz CT molecular complexity index is 1080. The zero-order valence-electron chi connectivity index (χ0n) is 16.4. The molecular formula is C23H19NO6. The van der Waals surface area contributed by atoms with Gasteiger partial charge in [0, 0.05) is 0 Å². The van der Waals surface area contributed by atoms with Crippen molar-refractivity contribution in [1.29, 1.82) is 0 Å². The molecule has 0 aliphatic heterocycles. The summed E-state index contributed by atoms with van der Waals surface area (Å²) in [6, 6.07) is 19.9. The molecule has 0 aliphatic rings. The lowest BCUT2D eigenvalue weighted by Gasteiger charge is -2.14. The van der Waals surface area contributed by atoms with Crippen LogP contribution in [-0.4, -0.2) is 32.1 Å². The molecule has 0 fully saturated rings. The molecule has 30 heavy (non-hydrogen) atoms. The fourth-order valence-corrected chi connectivity index (χ4v) is 2.73. The molecule has 0 saturated heterocycles. The molecule has 0 atom stereocenters. The molecule has 0 unspecified atom stereocenters. The van der Waals surface area contributed by atoms with Crippen LogP contribution in [0.2, 0.25) is 0 Å². The van der Waals surface area contributed by atoms with Crippen LogP contribution in [-0.2, 0) is 9.47 Å². The molecule has 3 rings (SSSR count). The Kier molecular flexibility index (Phi) is 6.44. The summed E-state index contributed by atoms with van der Waals surface area (Å²) >= 11 is 0. The number of carbonyl (C=O) groups excluding carboxylic acids is 3. The minimum Gasteiger partial charge on any atom is -0.465 e. The standard InChI is InChI=1S/C23H19NO6/c1-28-22(26)15-12-13-17(23(27)29-2)19(14-15)24-21(25)18-10-6-7-11-20(18)30-16-8-4-3-5-9-16/h3-14H,1-2H3,(H,24,25). The predicted octanol–water partition coefficient (Wildman–Crippen LogP) is 4.30. The van der Waals surface area contributed by atoms with Crippen molar-refractivity contribution < 1.29 is 28.6 Å². The Balaban J connectivity index is 1.94. The molecule has 1 N–H and O–H groups in total. The maximum atomic E-state index is 13.0. The summed E-state index contributed by atoms with van der Waals surface area (Å²) in [5, 5.41) is 2.66. The zero-order valence-corrected chi connectivity index (χ0v) is 16.4. The zero-order chi connectivity index (χ0) is 21.5. The van der Waals surface area contributed by atoms with Gasteiger partial charge in [-0.2, -0.15) is 0 Å². The van der Waals surface area contributed by atoms with Crippen molar-refractivity contribution in [3.63, 3.8) is 0 Å². The minimum absolute atomic E-state index is 0.0972. The minimum atomic E-state index is -0.657. The average molecular weight is 405 g/mol. The van der Waals surface area contributed by atoms with E-state index in [4.69, 9.17) is 14.2 Å². The second kappa shape index (κ2) is 9.38. The van der Waals surface area contributed by atoms with Crippen molar-refractivity contribution in [2.24, 2.45) is 0 Å². The van der Waals surface area contributed by atoms with Gasteiger partial charge in [-0.3, -0.25) is 4.79 Å². The summed E-state index contributed by atoms with van der Waals surface area (Å²) in [4.78, 5) is 36.9. The number of amides is 1. The summed E-state index contributed by atoms with van der Waals surface area (Å²) in [6.45, 7) is 0. The summed E-state index contributed by atoms with van der Waals surface area (Å²) < 4.78 is 15.3. The van der Waals surface area contributed by atoms with Crippen LogP contribution in [0, 0.1) is 0 Å². The normalized spacial score (nSPS) is 10.1. The van der Waals surface area contributed by atoms with E-state index in [0.29, 0.717) is 11.5 Å². The number of carbonyl (C=O) groups is 3. The molecule has 0 saturated carbocycles. The van der Waals surface area contributed by atoms with Crippen LogP contribution in [0.4, 0.5) is 5.69 Å². The number of rotatable bonds is 6. The van der Waals surface area contributed by atoms with Gasteiger partial charge in [0.2, 0.25) is 0 Å². The van der Waals surface area contributed by atoms with E-state index < -0.39 is 17.8 Å². The third-order valence-corrected chi connectivity index (χ3v) is 4.20. The Hall–Kier alpha value is -4.13. The largest absolute Gasteiger partial charge is 0.465 e. The molecule has 7 nitrogen and oxygen atoms in total. The van der Waals surface area contributed by atoms with Gasteiger partial charge >= 0.3 is 11.9 Å². The molecule has 1 amide bonds. The van der Waals surface area contributed by atoms with Crippen LogP contribution in [0.3, 0.4) is 0 Å². The van der Waals surface area contributed by atoms with Crippen molar-refractivity contribution in [2.75, 3.05) is 19.5 Å². The molecule has 3 aromatic carbocycles. The number of para-hydroxylation sites is 2. The molecule has 0 aliphatic carbocycles. The highest BCUT2D eigenvalue weighted by Gasteiger charge is 2.20. The second-order valence-corrected chi connectivity index (χ2v) is 6.11. The van der Waals surface area contributed by atoms with Gasteiger partial charge < -0.3 is 19.5 Å². The first-order valence-electron chi connectivity index (χ1n) is 8.97. The third kappa shape index (κ3) is 4.64. The lowest BCUT2D eigenvalue weighted by Crippen LogP contribution is -2.17. The van der Waals surface area contributed by atoms with E-state index in [9.17, 15) is 14.4 Å². The molecule has 0 spiro atoms.